The standard InChI is InChI=1S/C23H24N6O2/c24-16-6-9-19-18(12-16)28-21(25-10-1-11-30)22-26-13-20(29(19)22)14-2-4-15(5-3-14)23(31)27-17-7-8-17/h2-6,9,12-13,17,30H,1,7-8,10-11,24H2,(H,25,28)(H,27,31). The van der Waals surface area contributed by atoms with Gasteiger partial charge in [-0.05, 0) is 49.6 Å². The first-order valence-corrected chi connectivity index (χ1v) is 10.5. The van der Waals surface area contributed by atoms with Gasteiger partial charge in [-0.1, -0.05) is 12.1 Å². The number of hydrogen-bond donors (Lipinski definition) is 4. The van der Waals surface area contributed by atoms with Crippen molar-refractivity contribution in [2.24, 2.45) is 0 Å². The van der Waals surface area contributed by atoms with Gasteiger partial charge in [-0.3, -0.25) is 9.20 Å². The summed E-state index contributed by atoms with van der Waals surface area (Å²) in [5, 5.41) is 15.4. The lowest BCUT2D eigenvalue weighted by molar-refractivity contribution is 0.0951. The van der Waals surface area contributed by atoms with Crippen molar-refractivity contribution in [3.8, 4) is 11.3 Å². The second kappa shape index (κ2) is 7.88. The fraction of sp³-hybridized carbons (Fsp3) is 0.261. The van der Waals surface area contributed by atoms with E-state index in [-0.39, 0.29) is 12.5 Å². The highest BCUT2D eigenvalue weighted by molar-refractivity contribution is 5.95. The Morgan fingerprint density at radius 3 is 2.74 bits per heavy atom. The molecule has 1 amide bonds. The number of carbonyl (C=O) groups excluding carboxylic acids is 1. The summed E-state index contributed by atoms with van der Waals surface area (Å²) >= 11 is 0. The number of aliphatic hydroxyl groups excluding tert-OH is 1. The van der Waals surface area contributed by atoms with Crippen LogP contribution in [0.4, 0.5) is 11.5 Å². The number of nitrogens with zero attached hydrogens (tertiary/aromatic N) is 3. The van der Waals surface area contributed by atoms with Gasteiger partial charge in [0.25, 0.3) is 5.91 Å². The minimum absolute atomic E-state index is 0.0345. The van der Waals surface area contributed by atoms with Crippen molar-refractivity contribution in [2.45, 2.75) is 25.3 Å². The minimum atomic E-state index is -0.0345. The molecule has 1 fully saturated rings. The number of nitrogens with one attached hydrogen (secondary N) is 2. The summed E-state index contributed by atoms with van der Waals surface area (Å²) in [6, 6.07) is 13.5. The first-order chi connectivity index (χ1) is 15.1. The van der Waals surface area contributed by atoms with E-state index in [1.54, 1.807) is 0 Å². The molecule has 2 heterocycles. The number of carbonyl (C=O) groups is 1. The normalized spacial score (nSPS) is 13.6. The topological polar surface area (TPSA) is 118 Å². The van der Waals surface area contributed by atoms with Crippen LogP contribution < -0.4 is 16.4 Å². The Balaban J connectivity index is 1.58. The summed E-state index contributed by atoms with van der Waals surface area (Å²) in [7, 11) is 0. The van der Waals surface area contributed by atoms with Gasteiger partial charge in [0.15, 0.2) is 11.5 Å². The molecule has 1 saturated carbocycles. The van der Waals surface area contributed by atoms with E-state index in [0.29, 0.717) is 41.7 Å². The van der Waals surface area contributed by atoms with Crippen LogP contribution in [-0.4, -0.2) is 44.6 Å². The van der Waals surface area contributed by atoms with Crippen molar-refractivity contribution >= 4 is 34.1 Å². The number of imidazole rings is 1. The van der Waals surface area contributed by atoms with E-state index < -0.39 is 0 Å². The van der Waals surface area contributed by atoms with Crippen LogP contribution in [0.5, 0.6) is 0 Å². The lowest BCUT2D eigenvalue weighted by Gasteiger charge is -2.12. The molecule has 0 saturated heterocycles. The number of amides is 1. The molecule has 1 aliphatic rings. The molecule has 5 N–H and O–H groups in total. The SMILES string of the molecule is Nc1ccc2c(c1)nc(NCCCO)c1ncc(-c3ccc(C(=O)NC4CC4)cc3)n12. The van der Waals surface area contributed by atoms with Gasteiger partial charge >= 0.3 is 0 Å². The van der Waals surface area contributed by atoms with Crippen molar-refractivity contribution < 1.29 is 9.90 Å². The highest BCUT2D eigenvalue weighted by Crippen LogP contribution is 2.29. The summed E-state index contributed by atoms with van der Waals surface area (Å²) in [6.07, 6.45) is 4.54. The van der Waals surface area contributed by atoms with Crippen molar-refractivity contribution in [2.75, 3.05) is 24.2 Å². The number of fused-ring (bicyclic) bond motifs is 3. The molecule has 0 bridgehead atoms. The van der Waals surface area contributed by atoms with Gasteiger partial charge in [-0.25, -0.2) is 9.97 Å². The molecule has 0 atom stereocenters. The second-order valence-corrected chi connectivity index (χ2v) is 7.84. The largest absolute Gasteiger partial charge is 0.399 e. The van der Waals surface area contributed by atoms with Gasteiger partial charge in [0.2, 0.25) is 0 Å². The molecule has 8 nitrogen and oxygen atoms in total. The van der Waals surface area contributed by atoms with Gasteiger partial charge in [-0.15, -0.1) is 0 Å². The molecule has 2 aromatic heterocycles. The predicted octanol–water partition coefficient (Wildman–Crippen LogP) is 2.82. The van der Waals surface area contributed by atoms with Crippen molar-refractivity contribution in [1.29, 1.82) is 0 Å². The first kappa shape index (κ1) is 19.3. The number of anilines is 2. The number of nitrogen functional groups attached to an aromatic ring is 1. The van der Waals surface area contributed by atoms with E-state index in [2.05, 4.69) is 15.6 Å². The average molecular weight is 416 g/mol. The Morgan fingerprint density at radius 1 is 1.19 bits per heavy atom. The third-order valence-corrected chi connectivity index (χ3v) is 5.43. The van der Waals surface area contributed by atoms with Gasteiger partial charge in [0, 0.05) is 36.0 Å². The number of hydrogen-bond acceptors (Lipinski definition) is 6. The van der Waals surface area contributed by atoms with E-state index in [0.717, 1.165) is 35.1 Å². The molecule has 0 radical (unpaired) electrons. The van der Waals surface area contributed by atoms with Crippen LogP contribution >= 0.6 is 0 Å². The Kier molecular flexibility index (Phi) is 4.91. The molecule has 4 aromatic rings. The molecule has 31 heavy (non-hydrogen) atoms. The fourth-order valence-electron chi connectivity index (χ4n) is 3.65. The molecule has 1 aliphatic carbocycles. The maximum Gasteiger partial charge on any atom is 0.251 e. The molecule has 2 aromatic carbocycles. The number of aliphatic hydroxyl groups is 1. The van der Waals surface area contributed by atoms with Crippen molar-refractivity contribution in [3.05, 3.63) is 54.2 Å². The Hall–Kier alpha value is -3.65. The van der Waals surface area contributed by atoms with Crippen LogP contribution in [0.25, 0.3) is 27.9 Å². The highest BCUT2D eigenvalue weighted by atomic mass is 16.3. The quantitative estimate of drug-likeness (QED) is 0.272. The maximum atomic E-state index is 12.3. The zero-order valence-corrected chi connectivity index (χ0v) is 17.0. The molecular weight excluding hydrogens is 392 g/mol. The molecule has 0 aliphatic heterocycles. The lowest BCUT2D eigenvalue weighted by atomic mass is 10.1. The van der Waals surface area contributed by atoms with Crippen molar-refractivity contribution in [1.82, 2.24) is 19.7 Å². The molecule has 5 rings (SSSR count). The number of nitrogens with two attached hydrogens (primary N) is 1. The van der Waals surface area contributed by atoms with Crippen LogP contribution in [0.1, 0.15) is 29.6 Å². The van der Waals surface area contributed by atoms with Gasteiger partial charge < -0.3 is 21.5 Å². The monoisotopic (exact) mass is 416 g/mol. The third-order valence-electron chi connectivity index (χ3n) is 5.43. The summed E-state index contributed by atoms with van der Waals surface area (Å²) in [5.74, 6) is 0.603. The third kappa shape index (κ3) is 3.77. The Morgan fingerprint density at radius 2 is 2.00 bits per heavy atom. The minimum Gasteiger partial charge on any atom is -0.399 e. The van der Waals surface area contributed by atoms with E-state index in [4.69, 9.17) is 15.8 Å². The van der Waals surface area contributed by atoms with E-state index in [1.807, 2.05) is 53.1 Å². The number of aromatic nitrogens is 3. The summed E-state index contributed by atoms with van der Waals surface area (Å²) in [5.41, 5.74) is 11.4. The Bertz CT molecular complexity index is 1260. The summed E-state index contributed by atoms with van der Waals surface area (Å²) in [4.78, 5) is 21.6. The maximum absolute atomic E-state index is 12.3. The van der Waals surface area contributed by atoms with Crippen LogP contribution in [-0.2, 0) is 0 Å². The first-order valence-electron chi connectivity index (χ1n) is 10.5. The molecule has 8 heteroatoms. The number of benzene rings is 2. The fourth-order valence-corrected chi connectivity index (χ4v) is 3.65. The van der Waals surface area contributed by atoms with E-state index in [9.17, 15) is 4.79 Å². The Labute approximate surface area is 179 Å². The molecule has 158 valence electrons. The van der Waals surface area contributed by atoms with E-state index in [1.165, 1.54) is 0 Å². The van der Waals surface area contributed by atoms with Gasteiger partial charge in [0.05, 0.1) is 22.9 Å². The average Bonchev–Trinajstić information content (AvgIpc) is 3.48. The van der Waals surface area contributed by atoms with Gasteiger partial charge in [-0.2, -0.15) is 0 Å². The predicted molar refractivity (Wildman–Crippen MR) is 121 cm³/mol. The lowest BCUT2D eigenvalue weighted by Crippen LogP contribution is -2.25. The molecule has 0 unspecified atom stereocenters. The van der Waals surface area contributed by atoms with Crippen LogP contribution in [0.15, 0.2) is 48.7 Å². The second-order valence-electron chi connectivity index (χ2n) is 7.84. The summed E-state index contributed by atoms with van der Waals surface area (Å²) in [6.45, 7) is 0.685. The van der Waals surface area contributed by atoms with Crippen LogP contribution in [0.3, 0.4) is 0 Å². The molecular formula is C23H24N6O2. The zero-order chi connectivity index (χ0) is 21.4. The number of rotatable bonds is 7. The smallest absolute Gasteiger partial charge is 0.251 e. The van der Waals surface area contributed by atoms with Gasteiger partial charge in [0.1, 0.15) is 0 Å². The zero-order valence-electron chi connectivity index (χ0n) is 17.0. The molecule has 0 spiro atoms. The van der Waals surface area contributed by atoms with Crippen LogP contribution in [0, 0.1) is 0 Å². The highest BCUT2D eigenvalue weighted by Gasteiger charge is 2.23. The van der Waals surface area contributed by atoms with Crippen LogP contribution in [0.2, 0.25) is 0 Å². The van der Waals surface area contributed by atoms with Crippen molar-refractivity contribution in [3.63, 3.8) is 0 Å². The van der Waals surface area contributed by atoms with E-state index >= 15 is 0 Å². The summed E-state index contributed by atoms with van der Waals surface area (Å²) < 4.78 is 2.04.